The van der Waals surface area contributed by atoms with Crippen LogP contribution in [0.4, 0.5) is 0 Å². The van der Waals surface area contributed by atoms with Gasteiger partial charge in [-0.2, -0.15) is 0 Å². The molecule has 0 unspecified atom stereocenters. The molecule has 0 amide bonds. The van der Waals surface area contributed by atoms with Gasteiger partial charge in [0.25, 0.3) is 0 Å². The third kappa shape index (κ3) is 3.37. The van der Waals surface area contributed by atoms with E-state index in [2.05, 4.69) is 16.3 Å². The topological polar surface area (TPSA) is 33.7 Å². The number of benzene rings is 1. The smallest absolute Gasteiger partial charge is 0.123 e. The molecule has 1 saturated heterocycles. The first kappa shape index (κ1) is 13.2. The summed E-state index contributed by atoms with van der Waals surface area (Å²) in [6, 6.07) is 6.04. The number of hydrogen-bond donors (Lipinski definition) is 1. The largest absolute Gasteiger partial charge is 0.496 e. The lowest BCUT2D eigenvalue weighted by atomic mass is 10.1. The van der Waals surface area contributed by atoms with E-state index < -0.39 is 0 Å². The summed E-state index contributed by atoms with van der Waals surface area (Å²) in [5.41, 5.74) is 1.20. The van der Waals surface area contributed by atoms with Crippen LogP contribution >= 0.6 is 0 Å². The van der Waals surface area contributed by atoms with Crippen LogP contribution < -0.4 is 14.8 Å². The zero-order valence-corrected chi connectivity index (χ0v) is 11.2. The number of rotatable bonds is 5. The van der Waals surface area contributed by atoms with Crippen molar-refractivity contribution < 1.29 is 9.47 Å². The van der Waals surface area contributed by atoms with E-state index in [1.54, 1.807) is 7.11 Å². The van der Waals surface area contributed by atoms with Crippen molar-refractivity contribution in [2.45, 2.75) is 13.5 Å². The van der Waals surface area contributed by atoms with Crippen LogP contribution in [0.3, 0.4) is 0 Å². The van der Waals surface area contributed by atoms with Gasteiger partial charge >= 0.3 is 0 Å². The highest BCUT2D eigenvalue weighted by molar-refractivity contribution is 5.40. The van der Waals surface area contributed by atoms with E-state index in [1.165, 1.54) is 5.56 Å². The first-order chi connectivity index (χ1) is 8.83. The fourth-order valence-corrected chi connectivity index (χ4v) is 2.25. The maximum Gasteiger partial charge on any atom is 0.123 e. The predicted octanol–water partition coefficient (Wildman–Crippen LogP) is 1.50. The van der Waals surface area contributed by atoms with Crippen LogP contribution in [-0.4, -0.2) is 44.8 Å². The quantitative estimate of drug-likeness (QED) is 0.858. The second-order valence-corrected chi connectivity index (χ2v) is 4.43. The molecule has 4 nitrogen and oxygen atoms in total. The van der Waals surface area contributed by atoms with E-state index in [0.717, 1.165) is 44.2 Å². The molecule has 1 N–H and O–H groups in total. The van der Waals surface area contributed by atoms with Gasteiger partial charge in [0.05, 0.1) is 13.7 Å². The molecule has 1 aliphatic heterocycles. The van der Waals surface area contributed by atoms with Gasteiger partial charge in [0.15, 0.2) is 0 Å². The number of nitrogens with one attached hydrogen (secondary N) is 1. The number of hydrogen-bond acceptors (Lipinski definition) is 4. The average Bonchev–Trinajstić information content (AvgIpc) is 2.41. The highest BCUT2D eigenvalue weighted by Crippen LogP contribution is 2.25. The standard InChI is InChI=1S/C14H22N2O2/c1-3-18-13-4-5-14(17-2)12(10-13)11-16-8-6-15-7-9-16/h4-5,10,15H,3,6-9,11H2,1-2H3. The van der Waals surface area contributed by atoms with Crippen LogP contribution in [-0.2, 0) is 6.54 Å². The van der Waals surface area contributed by atoms with Crippen molar-refractivity contribution in [2.24, 2.45) is 0 Å². The number of nitrogens with zero attached hydrogens (tertiary/aromatic N) is 1. The Morgan fingerprint density at radius 3 is 2.72 bits per heavy atom. The summed E-state index contributed by atoms with van der Waals surface area (Å²) in [5, 5.41) is 3.36. The second-order valence-electron chi connectivity index (χ2n) is 4.43. The summed E-state index contributed by atoms with van der Waals surface area (Å²) in [4.78, 5) is 2.43. The lowest BCUT2D eigenvalue weighted by Gasteiger charge is -2.27. The maximum absolute atomic E-state index is 5.55. The Balaban J connectivity index is 2.09. The lowest BCUT2D eigenvalue weighted by molar-refractivity contribution is 0.229. The Labute approximate surface area is 109 Å². The zero-order chi connectivity index (χ0) is 12.8. The van der Waals surface area contributed by atoms with E-state index >= 15 is 0 Å². The molecule has 100 valence electrons. The molecule has 2 rings (SSSR count). The van der Waals surface area contributed by atoms with Crippen LogP contribution in [0.1, 0.15) is 12.5 Å². The minimum absolute atomic E-state index is 0.694. The number of piperazine rings is 1. The van der Waals surface area contributed by atoms with Gasteiger partial charge in [0.1, 0.15) is 11.5 Å². The van der Waals surface area contributed by atoms with Gasteiger partial charge < -0.3 is 14.8 Å². The Bertz CT molecular complexity index is 376. The fourth-order valence-electron chi connectivity index (χ4n) is 2.25. The van der Waals surface area contributed by atoms with Crippen molar-refractivity contribution in [3.63, 3.8) is 0 Å². The van der Waals surface area contributed by atoms with Crippen molar-refractivity contribution in [3.05, 3.63) is 23.8 Å². The van der Waals surface area contributed by atoms with Gasteiger partial charge in [-0.3, -0.25) is 4.90 Å². The van der Waals surface area contributed by atoms with Gasteiger partial charge in [-0.1, -0.05) is 0 Å². The Kier molecular flexibility index (Phi) is 4.84. The van der Waals surface area contributed by atoms with E-state index in [-0.39, 0.29) is 0 Å². The van der Waals surface area contributed by atoms with Crippen LogP contribution in [0.5, 0.6) is 11.5 Å². The molecule has 0 saturated carbocycles. The lowest BCUT2D eigenvalue weighted by Crippen LogP contribution is -2.42. The second kappa shape index (κ2) is 6.61. The Hall–Kier alpha value is -1.26. The average molecular weight is 250 g/mol. The highest BCUT2D eigenvalue weighted by Gasteiger charge is 2.13. The minimum Gasteiger partial charge on any atom is -0.496 e. The molecule has 4 heteroatoms. The normalized spacial score (nSPS) is 16.6. The molecule has 0 spiro atoms. The van der Waals surface area contributed by atoms with Crippen LogP contribution in [0, 0.1) is 0 Å². The van der Waals surface area contributed by atoms with Crippen LogP contribution in [0.25, 0.3) is 0 Å². The van der Waals surface area contributed by atoms with E-state index in [0.29, 0.717) is 6.61 Å². The Morgan fingerprint density at radius 1 is 1.28 bits per heavy atom. The zero-order valence-electron chi connectivity index (χ0n) is 11.2. The first-order valence-corrected chi connectivity index (χ1v) is 6.56. The van der Waals surface area contributed by atoms with Crippen molar-refractivity contribution in [3.8, 4) is 11.5 Å². The summed E-state index contributed by atoms with van der Waals surface area (Å²) in [5.74, 6) is 1.86. The van der Waals surface area contributed by atoms with Gasteiger partial charge in [-0.05, 0) is 25.1 Å². The molecule has 1 heterocycles. The third-order valence-corrected chi connectivity index (χ3v) is 3.17. The van der Waals surface area contributed by atoms with Crippen LogP contribution in [0.15, 0.2) is 18.2 Å². The highest BCUT2D eigenvalue weighted by atomic mass is 16.5. The summed E-state index contributed by atoms with van der Waals surface area (Å²) in [7, 11) is 1.72. The molecule has 0 aromatic heterocycles. The number of ether oxygens (including phenoxy) is 2. The molecule has 1 aromatic carbocycles. The molecule has 1 aromatic rings. The third-order valence-electron chi connectivity index (χ3n) is 3.17. The molecule has 0 bridgehead atoms. The van der Waals surface area contributed by atoms with Crippen molar-refractivity contribution in [1.82, 2.24) is 10.2 Å². The summed E-state index contributed by atoms with van der Waals surface area (Å²) in [6.45, 7) is 7.91. The van der Waals surface area contributed by atoms with Gasteiger partial charge in [0.2, 0.25) is 0 Å². The summed E-state index contributed by atoms with van der Waals surface area (Å²) < 4.78 is 11.0. The molecular formula is C14H22N2O2. The predicted molar refractivity (Wildman–Crippen MR) is 72.3 cm³/mol. The van der Waals surface area contributed by atoms with Crippen LogP contribution in [0.2, 0.25) is 0 Å². The molecule has 1 aliphatic rings. The van der Waals surface area contributed by atoms with Gasteiger partial charge in [-0.25, -0.2) is 0 Å². The maximum atomic E-state index is 5.55. The van der Waals surface area contributed by atoms with E-state index in [1.807, 2.05) is 19.1 Å². The SMILES string of the molecule is CCOc1ccc(OC)c(CN2CCNCC2)c1. The van der Waals surface area contributed by atoms with Crippen molar-refractivity contribution in [2.75, 3.05) is 39.9 Å². The summed E-state index contributed by atoms with van der Waals surface area (Å²) >= 11 is 0. The molecule has 0 radical (unpaired) electrons. The fraction of sp³-hybridized carbons (Fsp3) is 0.571. The monoisotopic (exact) mass is 250 g/mol. The first-order valence-electron chi connectivity index (χ1n) is 6.56. The van der Waals surface area contributed by atoms with Crippen molar-refractivity contribution in [1.29, 1.82) is 0 Å². The van der Waals surface area contributed by atoms with Crippen molar-refractivity contribution >= 4 is 0 Å². The molecule has 0 atom stereocenters. The molecule has 0 aliphatic carbocycles. The van der Waals surface area contributed by atoms with Gasteiger partial charge in [-0.15, -0.1) is 0 Å². The Morgan fingerprint density at radius 2 is 2.06 bits per heavy atom. The molecular weight excluding hydrogens is 228 g/mol. The molecule has 1 fully saturated rings. The summed E-state index contributed by atoms with van der Waals surface area (Å²) in [6.07, 6.45) is 0. The van der Waals surface area contributed by atoms with Gasteiger partial charge in [0, 0.05) is 38.3 Å². The molecule has 18 heavy (non-hydrogen) atoms. The minimum atomic E-state index is 0.694. The van der Waals surface area contributed by atoms with E-state index in [4.69, 9.17) is 9.47 Å². The van der Waals surface area contributed by atoms with E-state index in [9.17, 15) is 0 Å². The number of methoxy groups -OCH3 is 1.